The maximum absolute atomic E-state index is 5.80. The summed E-state index contributed by atoms with van der Waals surface area (Å²) in [5.41, 5.74) is -0.262. The second-order valence-corrected chi connectivity index (χ2v) is 6.45. The van der Waals surface area contributed by atoms with E-state index < -0.39 is 0 Å². The normalized spacial score (nSPS) is 27.3. The van der Waals surface area contributed by atoms with Crippen LogP contribution < -0.4 is 10.6 Å². The SMILES string of the molecule is CCNC(=NCC1(C)CCCO1)NCC1(OC)CCOCC1.I. The van der Waals surface area contributed by atoms with E-state index in [0.29, 0.717) is 6.54 Å². The Morgan fingerprint density at radius 2 is 1.91 bits per heavy atom. The van der Waals surface area contributed by atoms with Gasteiger partial charge in [0.1, 0.15) is 0 Å². The standard InChI is InChI=1S/C16H31N3O3.HI/c1-4-17-14(18-12-15(2)6-5-9-22-15)19-13-16(20-3)7-10-21-11-8-16;/h4-13H2,1-3H3,(H2,17,18,19);1H. The molecule has 136 valence electrons. The maximum atomic E-state index is 5.80. The van der Waals surface area contributed by atoms with E-state index in [2.05, 4.69) is 24.5 Å². The first kappa shape index (κ1) is 20.9. The molecule has 0 saturated carbocycles. The lowest BCUT2D eigenvalue weighted by atomic mass is 9.94. The van der Waals surface area contributed by atoms with Gasteiger partial charge in [-0.3, -0.25) is 4.99 Å². The smallest absolute Gasteiger partial charge is 0.191 e. The molecule has 2 rings (SSSR count). The Morgan fingerprint density at radius 3 is 2.48 bits per heavy atom. The molecule has 7 heteroatoms. The highest BCUT2D eigenvalue weighted by atomic mass is 127. The molecule has 0 radical (unpaired) electrons. The molecule has 2 N–H and O–H groups in total. The molecule has 0 spiro atoms. The van der Waals surface area contributed by atoms with E-state index in [-0.39, 0.29) is 35.2 Å². The summed E-state index contributed by atoms with van der Waals surface area (Å²) in [5, 5.41) is 6.73. The van der Waals surface area contributed by atoms with Crippen molar-refractivity contribution in [1.82, 2.24) is 10.6 Å². The predicted octanol–water partition coefficient (Wildman–Crippen LogP) is 1.92. The van der Waals surface area contributed by atoms with Gasteiger partial charge in [0.15, 0.2) is 5.96 Å². The van der Waals surface area contributed by atoms with E-state index in [0.717, 1.165) is 64.6 Å². The molecule has 0 amide bonds. The molecule has 0 aromatic carbocycles. The van der Waals surface area contributed by atoms with Crippen molar-refractivity contribution in [3.05, 3.63) is 0 Å². The summed E-state index contributed by atoms with van der Waals surface area (Å²) < 4.78 is 17.0. The Kier molecular flexibility index (Phi) is 9.10. The van der Waals surface area contributed by atoms with Crippen molar-refractivity contribution in [2.45, 2.75) is 50.7 Å². The summed E-state index contributed by atoms with van der Waals surface area (Å²) >= 11 is 0. The van der Waals surface area contributed by atoms with Crippen LogP contribution in [0.15, 0.2) is 4.99 Å². The minimum atomic E-state index is -0.151. The number of nitrogens with one attached hydrogen (secondary N) is 2. The van der Waals surface area contributed by atoms with Crippen molar-refractivity contribution in [3.8, 4) is 0 Å². The molecule has 2 fully saturated rings. The number of hydrogen-bond donors (Lipinski definition) is 2. The molecule has 2 saturated heterocycles. The summed E-state index contributed by atoms with van der Waals surface area (Å²) in [6.07, 6.45) is 4.03. The fraction of sp³-hybridized carbons (Fsp3) is 0.938. The number of aliphatic imine (C=N–C) groups is 1. The van der Waals surface area contributed by atoms with Crippen LogP contribution >= 0.6 is 24.0 Å². The Hall–Kier alpha value is -0.120. The molecule has 0 aliphatic carbocycles. The van der Waals surface area contributed by atoms with Crippen LogP contribution in [0.3, 0.4) is 0 Å². The number of hydrogen-bond acceptors (Lipinski definition) is 4. The Labute approximate surface area is 157 Å². The average Bonchev–Trinajstić information content (AvgIpc) is 2.98. The zero-order valence-corrected chi connectivity index (χ0v) is 17.0. The van der Waals surface area contributed by atoms with E-state index in [1.54, 1.807) is 7.11 Å². The maximum Gasteiger partial charge on any atom is 0.191 e. The molecule has 23 heavy (non-hydrogen) atoms. The highest BCUT2D eigenvalue weighted by Gasteiger charge is 2.33. The number of guanidine groups is 1. The van der Waals surface area contributed by atoms with Crippen LogP contribution in [0.2, 0.25) is 0 Å². The molecule has 6 nitrogen and oxygen atoms in total. The van der Waals surface area contributed by atoms with Crippen molar-refractivity contribution in [2.75, 3.05) is 46.6 Å². The third-order valence-electron chi connectivity index (χ3n) is 4.63. The molecule has 2 aliphatic heterocycles. The third-order valence-corrected chi connectivity index (χ3v) is 4.63. The van der Waals surface area contributed by atoms with E-state index in [1.165, 1.54) is 0 Å². The second-order valence-electron chi connectivity index (χ2n) is 6.45. The number of ether oxygens (including phenoxy) is 3. The average molecular weight is 441 g/mol. The van der Waals surface area contributed by atoms with Crippen molar-refractivity contribution in [3.63, 3.8) is 0 Å². The van der Waals surface area contributed by atoms with Crippen LogP contribution in [0.4, 0.5) is 0 Å². The Balaban J connectivity index is 0.00000264. The van der Waals surface area contributed by atoms with E-state index in [1.807, 2.05) is 0 Å². The van der Waals surface area contributed by atoms with E-state index in [4.69, 9.17) is 19.2 Å². The molecular formula is C16H32IN3O3. The molecule has 1 atom stereocenters. The van der Waals surface area contributed by atoms with Gasteiger partial charge < -0.3 is 24.8 Å². The largest absolute Gasteiger partial charge is 0.381 e. The number of methoxy groups -OCH3 is 1. The van der Waals surface area contributed by atoms with Gasteiger partial charge >= 0.3 is 0 Å². The molecule has 2 heterocycles. The lowest BCUT2D eigenvalue weighted by molar-refractivity contribution is -0.0855. The molecular weight excluding hydrogens is 409 g/mol. The number of halogens is 1. The minimum absolute atomic E-state index is 0. The summed E-state index contributed by atoms with van der Waals surface area (Å²) in [5.74, 6) is 0.835. The van der Waals surface area contributed by atoms with Crippen molar-refractivity contribution < 1.29 is 14.2 Å². The molecule has 1 unspecified atom stereocenters. The molecule has 0 aromatic rings. The highest BCUT2D eigenvalue weighted by Crippen LogP contribution is 2.25. The minimum Gasteiger partial charge on any atom is -0.381 e. The number of rotatable bonds is 6. The van der Waals surface area contributed by atoms with E-state index >= 15 is 0 Å². The topological polar surface area (TPSA) is 64.1 Å². The molecule has 0 bridgehead atoms. The van der Waals surface area contributed by atoms with E-state index in [9.17, 15) is 0 Å². The highest BCUT2D eigenvalue weighted by molar-refractivity contribution is 14.0. The zero-order chi connectivity index (χ0) is 15.9. The first-order valence-corrected chi connectivity index (χ1v) is 8.40. The second kappa shape index (κ2) is 10.0. The van der Waals surface area contributed by atoms with Gasteiger partial charge in [0.25, 0.3) is 0 Å². The quantitative estimate of drug-likeness (QED) is 0.375. The van der Waals surface area contributed by atoms with Crippen LogP contribution in [0, 0.1) is 0 Å². The van der Waals surface area contributed by atoms with Gasteiger partial charge in [-0.25, -0.2) is 0 Å². The van der Waals surface area contributed by atoms with Gasteiger partial charge in [-0.15, -0.1) is 24.0 Å². The van der Waals surface area contributed by atoms with Gasteiger partial charge in [0.05, 0.1) is 17.7 Å². The predicted molar refractivity (Wildman–Crippen MR) is 103 cm³/mol. The van der Waals surface area contributed by atoms with Crippen LogP contribution in [-0.2, 0) is 14.2 Å². The summed E-state index contributed by atoms with van der Waals surface area (Å²) in [7, 11) is 1.78. The van der Waals surface area contributed by atoms with Gasteiger partial charge in [-0.2, -0.15) is 0 Å². The molecule has 0 aromatic heterocycles. The van der Waals surface area contributed by atoms with Gasteiger partial charge in [-0.05, 0) is 26.7 Å². The first-order valence-electron chi connectivity index (χ1n) is 8.40. The van der Waals surface area contributed by atoms with Crippen LogP contribution in [0.5, 0.6) is 0 Å². The van der Waals surface area contributed by atoms with Crippen LogP contribution in [0.25, 0.3) is 0 Å². The van der Waals surface area contributed by atoms with Crippen molar-refractivity contribution in [2.24, 2.45) is 4.99 Å². The van der Waals surface area contributed by atoms with Gasteiger partial charge in [-0.1, -0.05) is 0 Å². The zero-order valence-electron chi connectivity index (χ0n) is 14.7. The lowest BCUT2D eigenvalue weighted by Crippen LogP contribution is -2.51. The van der Waals surface area contributed by atoms with Crippen LogP contribution in [-0.4, -0.2) is 63.7 Å². The van der Waals surface area contributed by atoms with Crippen molar-refractivity contribution >= 4 is 29.9 Å². The fourth-order valence-corrected chi connectivity index (χ4v) is 2.99. The lowest BCUT2D eigenvalue weighted by Gasteiger charge is -2.36. The molecule has 2 aliphatic rings. The monoisotopic (exact) mass is 441 g/mol. The Morgan fingerprint density at radius 1 is 1.17 bits per heavy atom. The number of nitrogens with zero attached hydrogens (tertiary/aromatic N) is 1. The van der Waals surface area contributed by atoms with Crippen molar-refractivity contribution in [1.29, 1.82) is 0 Å². The van der Waals surface area contributed by atoms with Gasteiger partial charge in [0.2, 0.25) is 0 Å². The summed E-state index contributed by atoms with van der Waals surface area (Å²) in [6.45, 7) is 8.86. The fourth-order valence-electron chi connectivity index (χ4n) is 2.99. The van der Waals surface area contributed by atoms with Crippen LogP contribution in [0.1, 0.15) is 39.5 Å². The Bertz CT molecular complexity index is 368. The first-order chi connectivity index (χ1) is 10.6. The third kappa shape index (κ3) is 6.36. The summed E-state index contributed by atoms with van der Waals surface area (Å²) in [4.78, 5) is 4.70. The summed E-state index contributed by atoms with van der Waals surface area (Å²) in [6, 6.07) is 0. The van der Waals surface area contributed by atoms with Gasteiger partial charge in [0, 0.05) is 52.9 Å².